The molecule has 8 heteroatoms. The van der Waals surface area contributed by atoms with Crippen molar-refractivity contribution in [2.75, 3.05) is 18.2 Å². The molecular formula is C19H19NO6S. The average molecular weight is 389 g/mol. The fourth-order valence-electron chi connectivity index (χ4n) is 2.35. The first-order chi connectivity index (χ1) is 12.6. The van der Waals surface area contributed by atoms with Crippen molar-refractivity contribution in [1.29, 1.82) is 0 Å². The number of sulfone groups is 1. The zero-order chi connectivity index (χ0) is 20.2. The molecule has 0 unspecified atom stereocenters. The number of benzene rings is 2. The van der Waals surface area contributed by atoms with Gasteiger partial charge in [-0.25, -0.2) is 13.2 Å². The van der Waals surface area contributed by atoms with Crippen LogP contribution < -0.4 is 5.32 Å². The standard InChI is InChI=1S/C19H19NO6S/c1-12-8-9-14(27(3,24)25)10-16(12)19(23)26-11-18(22)20-17-7-5-4-6-15(17)13(2)21/h4-10H,11H2,1-3H3,(H,20,22). The van der Waals surface area contributed by atoms with Crippen LogP contribution in [-0.2, 0) is 19.4 Å². The van der Waals surface area contributed by atoms with Crippen molar-refractivity contribution in [2.24, 2.45) is 0 Å². The summed E-state index contributed by atoms with van der Waals surface area (Å²) in [4.78, 5) is 35.8. The van der Waals surface area contributed by atoms with Crippen LogP contribution in [0.15, 0.2) is 47.4 Å². The predicted octanol–water partition coefficient (Wildman–Crippen LogP) is 2.40. The van der Waals surface area contributed by atoms with Gasteiger partial charge in [0.25, 0.3) is 5.91 Å². The van der Waals surface area contributed by atoms with Gasteiger partial charge in [0.15, 0.2) is 22.2 Å². The second-order valence-corrected chi connectivity index (χ2v) is 7.99. The third-order valence-corrected chi connectivity index (χ3v) is 4.88. The minimum absolute atomic E-state index is 0.0140. The Balaban J connectivity index is 2.08. The molecule has 0 aliphatic carbocycles. The van der Waals surface area contributed by atoms with Gasteiger partial charge in [-0.3, -0.25) is 9.59 Å². The van der Waals surface area contributed by atoms with Crippen molar-refractivity contribution >= 4 is 33.2 Å². The summed E-state index contributed by atoms with van der Waals surface area (Å²) >= 11 is 0. The van der Waals surface area contributed by atoms with E-state index in [9.17, 15) is 22.8 Å². The van der Waals surface area contributed by atoms with E-state index in [1.807, 2.05) is 0 Å². The van der Waals surface area contributed by atoms with Crippen LogP contribution in [0, 0.1) is 6.92 Å². The van der Waals surface area contributed by atoms with Gasteiger partial charge in [0.2, 0.25) is 0 Å². The quantitative estimate of drug-likeness (QED) is 0.601. The van der Waals surface area contributed by atoms with E-state index in [-0.39, 0.29) is 16.2 Å². The molecule has 0 fully saturated rings. The molecule has 142 valence electrons. The molecule has 0 aliphatic heterocycles. The van der Waals surface area contributed by atoms with Crippen molar-refractivity contribution < 1.29 is 27.5 Å². The molecular weight excluding hydrogens is 370 g/mol. The molecule has 0 aliphatic rings. The Morgan fingerprint density at radius 1 is 1.04 bits per heavy atom. The lowest BCUT2D eigenvalue weighted by Gasteiger charge is -2.11. The van der Waals surface area contributed by atoms with Crippen LogP contribution in [0.4, 0.5) is 5.69 Å². The highest BCUT2D eigenvalue weighted by atomic mass is 32.2. The van der Waals surface area contributed by atoms with E-state index in [0.717, 1.165) is 6.26 Å². The smallest absolute Gasteiger partial charge is 0.338 e. The molecule has 0 saturated carbocycles. The Hall–Kier alpha value is -3.00. The monoisotopic (exact) mass is 389 g/mol. The van der Waals surface area contributed by atoms with E-state index >= 15 is 0 Å². The minimum atomic E-state index is -3.48. The van der Waals surface area contributed by atoms with E-state index < -0.39 is 28.3 Å². The molecule has 0 spiro atoms. The highest BCUT2D eigenvalue weighted by Crippen LogP contribution is 2.17. The first kappa shape index (κ1) is 20.3. The van der Waals surface area contributed by atoms with Crippen LogP contribution >= 0.6 is 0 Å². The lowest BCUT2D eigenvalue weighted by molar-refractivity contribution is -0.119. The lowest BCUT2D eigenvalue weighted by Crippen LogP contribution is -2.22. The largest absolute Gasteiger partial charge is 0.452 e. The number of Topliss-reactive ketones (excluding diaryl/α,β-unsaturated/α-hetero) is 1. The first-order valence-corrected chi connectivity index (χ1v) is 9.86. The number of ketones is 1. The Labute approximate surface area is 157 Å². The third kappa shape index (κ3) is 5.24. The number of ether oxygens (including phenoxy) is 1. The third-order valence-electron chi connectivity index (χ3n) is 3.77. The number of anilines is 1. The van der Waals surface area contributed by atoms with Gasteiger partial charge in [0.05, 0.1) is 16.1 Å². The van der Waals surface area contributed by atoms with Crippen LogP contribution in [0.5, 0.6) is 0 Å². The summed E-state index contributed by atoms with van der Waals surface area (Å²) < 4.78 is 28.2. The maximum absolute atomic E-state index is 12.2. The molecule has 0 heterocycles. The number of nitrogens with one attached hydrogen (secondary N) is 1. The lowest BCUT2D eigenvalue weighted by atomic mass is 10.1. The highest BCUT2D eigenvalue weighted by molar-refractivity contribution is 7.90. The van der Waals surface area contributed by atoms with E-state index in [4.69, 9.17) is 4.74 Å². The van der Waals surface area contributed by atoms with Crippen LogP contribution in [0.2, 0.25) is 0 Å². The molecule has 0 radical (unpaired) electrons. The van der Waals surface area contributed by atoms with Crippen molar-refractivity contribution in [2.45, 2.75) is 18.7 Å². The average Bonchev–Trinajstić information content (AvgIpc) is 2.59. The maximum atomic E-state index is 12.2. The molecule has 1 N–H and O–H groups in total. The summed E-state index contributed by atoms with van der Waals surface area (Å²) in [6, 6.07) is 10.6. The van der Waals surface area contributed by atoms with E-state index in [1.165, 1.54) is 25.1 Å². The molecule has 2 aromatic rings. The van der Waals surface area contributed by atoms with Gasteiger partial charge in [-0.2, -0.15) is 0 Å². The fraction of sp³-hybridized carbons (Fsp3) is 0.211. The van der Waals surface area contributed by atoms with Crippen molar-refractivity contribution in [3.8, 4) is 0 Å². The second kappa shape index (κ2) is 8.13. The summed E-state index contributed by atoms with van der Waals surface area (Å²) in [5, 5.41) is 2.52. The number of esters is 1. The summed E-state index contributed by atoms with van der Waals surface area (Å²) in [6.45, 7) is 2.43. The minimum Gasteiger partial charge on any atom is -0.452 e. The fourth-order valence-corrected chi connectivity index (χ4v) is 2.99. The summed E-state index contributed by atoms with van der Waals surface area (Å²) in [5.41, 5.74) is 1.25. The van der Waals surface area contributed by atoms with E-state index in [2.05, 4.69) is 5.32 Å². The van der Waals surface area contributed by atoms with Gasteiger partial charge in [-0.1, -0.05) is 18.2 Å². The number of carbonyl (C=O) groups excluding carboxylic acids is 3. The van der Waals surface area contributed by atoms with Crippen molar-refractivity contribution in [3.05, 3.63) is 59.2 Å². The molecule has 27 heavy (non-hydrogen) atoms. The highest BCUT2D eigenvalue weighted by Gasteiger charge is 2.17. The molecule has 0 aromatic heterocycles. The SMILES string of the molecule is CC(=O)c1ccccc1NC(=O)COC(=O)c1cc(S(C)(=O)=O)ccc1C. The molecule has 0 saturated heterocycles. The topological polar surface area (TPSA) is 107 Å². The van der Waals surface area contributed by atoms with Crippen LogP contribution in [-0.4, -0.2) is 38.9 Å². The second-order valence-electron chi connectivity index (χ2n) is 5.97. The normalized spacial score (nSPS) is 10.9. The predicted molar refractivity (Wildman–Crippen MR) is 99.6 cm³/mol. The van der Waals surface area contributed by atoms with Crippen molar-refractivity contribution in [3.63, 3.8) is 0 Å². The first-order valence-electron chi connectivity index (χ1n) is 7.97. The number of aryl methyl sites for hydroxylation is 1. The number of para-hydroxylation sites is 1. The van der Waals surface area contributed by atoms with Gasteiger partial charge in [0.1, 0.15) is 0 Å². The Morgan fingerprint density at radius 3 is 2.33 bits per heavy atom. The molecule has 1 amide bonds. The molecule has 7 nitrogen and oxygen atoms in total. The van der Waals surface area contributed by atoms with Crippen LogP contribution in [0.1, 0.15) is 33.2 Å². The number of hydrogen-bond acceptors (Lipinski definition) is 6. The molecule has 2 aromatic carbocycles. The summed E-state index contributed by atoms with van der Waals surface area (Å²) in [7, 11) is -3.48. The summed E-state index contributed by atoms with van der Waals surface area (Å²) in [6.07, 6.45) is 1.03. The van der Waals surface area contributed by atoms with Gasteiger partial charge >= 0.3 is 5.97 Å². The van der Waals surface area contributed by atoms with Gasteiger partial charge in [0, 0.05) is 11.8 Å². The van der Waals surface area contributed by atoms with Crippen LogP contribution in [0.25, 0.3) is 0 Å². The zero-order valence-electron chi connectivity index (χ0n) is 15.1. The zero-order valence-corrected chi connectivity index (χ0v) is 15.9. The molecule has 0 atom stereocenters. The number of amides is 1. The Morgan fingerprint density at radius 2 is 1.70 bits per heavy atom. The van der Waals surface area contributed by atoms with Gasteiger partial charge < -0.3 is 10.1 Å². The van der Waals surface area contributed by atoms with Gasteiger partial charge in [-0.05, 0) is 43.7 Å². The van der Waals surface area contributed by atoms with E-state index in [1.54, 1.807) is 31.2 Å². The van der Waals surface area contributed by atoms with E-state index in [0.29, 0.717) is 16.8 Å². The molecule has 2 rings (SSSR count). The summed E-state index contributed by atoms with van der Waals surface area (Å²) in [5.74, 6) is -1.64. The van der Waals surface area contributed by atoms with Crippen LogP contribution in [0.3, 0.4) is 0 Å². The molecule has 0 bridgehead atoms. The Kier molecular flexibility index (Phi) is 6.12. The van der Waals surface area contributed by atoms with Gasteiger partial charge in [-0.15, -0.1) is 0 Å². The Bertz CT molecular complexity index is 1010. The number of carbonyl (C=O) groups is 3. The number of rotatable bonds is 6. The maximum Gasteiger partial charge on any atom is 0.338 e. The van der Waals surface area contributed by atoms with Crippen molar-refractivity contribution in [1.82, 2.24) is 0 Å². The number of hydrogen-bond donors (Lipinski definition) is 1.